The molecule has 0 fully saturated rings. The Kier molecular flexibility index (Phi) is 7.33. The molecule has 1 N–H and O–H groups in total. The molecular weight excluding hydrogens is 156 g/mol. The van der Waals surface area contributed by atoms with Crippen molar-refractivity contribution in [2.24, 2.45) is 0 Å². The summed E-state index contributed by atoms with van der Waals surface area (Å²) in [5.41, 5.74) is 0. The number of nitrogens with zero attached hydrogens (tertiary/aromatic N) is 1. The van der Waals surface area contributed by atoms with Crippen LogP contribution in [0.5, 0.6) is 0 Å². The van der Waals surface area contributed by atoms with Crippen molar-refractivity contribution in [2.45, 2.75) is 13.0 Å². The summed E-state index contributed by atoms with van der Waals surface area (Å²) >= 11 is 1.82. The lowest BCUT2D eigenvalue weighted by Gasteiger charge is -2.03. The molecule has 0 aromatic heterocycles. The lowest BCUT2D eigenvalue weighted by Crippen LogP contribution is -2.26. The van der Waals surface area contributed by atoms with Gasteiger partial charge in [0, 0.05) is 18.1 Å². The monoisotopic (exact) mass is 170 g/mol. The van der Waals surface area contributed by atoms with E-state index >= 15 is 0 Å². The van der Waals surface area contributed by atoms with Gasteiger partial charge in [0.2, 0.25) is 0 Å². The number of nitrogens with one attached hydrogen (secondary N) is 1. The van der Waals surface area contributed by atoms with Crippen molar-refractivity contribution in [2.75, 3.05) is 18.1 Å². The number of thioether (sulfide) groups is 1. The van der Waals surface area contributed by atoms with Gasteiger partial charge in [-0.05, 0) is 6.92 Å². The third-order valence-corrected chi connectivity index (χ3v) is 2.09. The molecule has 0 spiro atoms. The summed E-state index contributed by atoms with van der Waals surface area (Å²) in [5, 5.41) is 11.5. The Morgan fingerprint density at radius 1 is 1.82 bits per heavy atom. The largest absolute Gasteiger partial charge is 0.301 e. The van der Waals surface area contributed by atoms with Gasteiger partial charge in [0.25, 0.3) is 0 Å². The molecule has 2 nitrogen and oxygen atoms in total. The molecule has 0 amide bonds. The standard InChI is InChI=1S/C8H14N2S/c1-3-5-11-6-4-10-8(2)7-9/h3,8,10H,1,4-6H2,2H3. The van der Waals surface area contributed by atoms with Crippen LogP contribution in [-0.4, -0.2) is 24.1 Å². The summed E-state index contributed by atoms with van der Waals surface area (Å²) in [6.07, 6.45) is 1.89. The van der Waals surface area contributed by atoms with Gasteiger partial charge in [0.05, 0.1) is 12.1 Å². The molecule has 0 bridgehead atoms. The molecule has 3 heteroatoms. The molecule has 0 aliphatic rings. The van der Waals surface area contributed by atoms with E-state index in [-0.39, 0.29) is 6.04 Å². The van der Waals surface area contributed by atoms with E-state index in [9.17, 15) is 0 Å². The fraction of sp³-hybridized carbons (Fsp3) is 0.625. The van der Waals surface area contributed by atoms with Crippen LogP contribution in [-0.2, 0) is 0 Å². The lowest BCUT2D eigenvalue weighted by atomic mass is 10.4. The van der Waals surface area contributed by atoms with E-state index in [4.69, 9.17) is 5.26 Å². The molecule has 1 unspecified atom stereocenters. The second-order valence-electron chi connectivity index (χ2n) is 2.17. The molecule has 1 atom stereocenters. The summed E-state index contributed by atoms with van der Waals surface area (Å²) in [6, 6.07) is 2.09. The number of nitriles is 1. The van der Waals surface area contributed by atoms with Gasteiger partial charge >= 0.3 is 0 Å². The maximum atomic E-state index is 8.40. The maximum absolute atomic E-state index is 8.40. The fourth-order valence-corrected chi connectivity index (χ4v) is 1.16. The lowest BCUT2D eigenvalue weighted by molar-refractivity contribution is 0.675. The van der Waals surface area contributed by atoms with Crippen LogP contribution in [0.1, 0.15) is 6.92 Å². The van der Waals surface area contributed by atoms with Crippen molar-refractivity contribution in [1.82, 2.24) is 5.32 Å². The molecule has 0 rings (SSSR count). The Hall–Kier alpha value is -0.460. The SMILES string of the molecule is C=CCSCCNC(C)C#N. The highest BCUT2D eigenvalue weighted by Gasteiger charge is 1.94. The molecule has 0 aromatic carbocycles. The van der Waals surface area contributed by atoms with Gasteiger partial charge < -0.3 is 5.32 Å². The highest BCUT2D eigenvalue weighted by Crippen LogP contribution is 1.97. The van der Waals surface area contributed by atoms with E-state index in [0.717, 1.165) is 18.1 Å². The van der Waals surface area contributed by atoms with Crippen LogP contribution in [0.4, 0.5) is 0 Å². The topological polar surface area (TPSA) is 35.8 Å². The second kappa shape index (κ2) is 7.64. The number of hydrogen-bond acceptors (Lipinski definition) is 3. The summed E-state index contributed by atoms with van der Waals surface area (Å²) in [7, 11) is 0. The van der Waals surface area contributed by atoms with E-state index in [2.05, 4.69) is 18.0 Å². The minimum atomic E-state index is -0.0284. The van der Waals surface area contributed by atoms with Crippen LogP contribution in [0.3, 0.4) is 0 Å². The minimum absolute atomic E-state index is 0.0284. The van der Waals surface area contributed by atoms with Crippen LogP contribution in [0, 0.1) is 11.3 Å². The zero-order valence-electron chi connectivity index (χ0n) is 6.84. The van der Waals surface area contributed by atoms with E-state index in [1.54, 1.807) is 0 Å². The Balaban J connectivity index is 3.03. The molecule has 0 aliphatic heterocycles. The summed E-state index contributed by atoms with van der Waals surface area (Å²) < 4.78 is 0. The van der Waals surface area contributed by atoms with Gasteiger partial charge in [-0.2, -0.15) is 17.0 Å². The molecule has 11 heavy (non-hydrogen) atoms. The molecule has 0 heterocycles. The van der Waals surface area contributed by atoms with E-state index in [1.165, 1.54) is 0 Å². The van der Waals surface area contributed by atoms with Crippen LogP contribution < -0.4 is 5.32 Å². The normalized spacial score (nSPS) is 12.0. The van der Waals surface area contributed by atoms with Gasteiger partial charge in [0.1, 0.15) is 0 Å². The molecule has 0 saturated carbocycles. The van der Waals surface area contributed by atoms with Crippen molar-refractivity contribution in [3.63, 3.8) is 0 Å². The van der Waals surface area contributed by atoms with Crippen LogP contribution in [0.2, 0.25) is 0 Å². The second-order valence-corrected chi connectivity index (χ2v) is 3.32. The quantitative estimate of drug-likeness (QED) is 0.483. The van der Waals surface area contributed by atoms with Crippen molar-refractivity contribution < 1.29 is 0 Å². The summed E-state index contributed by atoms with van der Waals surface area (Å²) in [4.78, 5) is 0. The Morgan fingerprint density at radius 2 is 2.55 bits per heavy atom. The highest BCUT2D eigenvalue weighted by molar-refractivity contribution is 7.99. The first kappa shape index (κ1) is 10.5. The van der Waals surface area contributed by atoms with E-state index in [0.29, 0.717) is 0 Å². The first-order chi connectivity index (χ1) is 5.31. The first-order valence-corrected chi connectivity index (χ1v) is 4.78. The Morgan fingerprint density at radius 3 is 3.09 bits per heavy atom. The number of hydrogen-bond donors (Lipinski definition) is 1. The summed E-state index contributed by atoms with van der Waals surface area (Å²) in [5.74, 6) is 2.03. The molecule has 0 aromatic rings. The van der Waals surface area contributed by atoms with Crippen molar-refractivity contribution in [3.05, 3.63) is 12.7 Å². The molecule has 0 saturated heterocycles. The first-order valence-electron chi connectivity index (χ1n) is 3.63. The highest BCUT2D eigenvalue weighted by atomic mass is 32.2. The van der Waals surface area contributed by atoms with Crippen molar-refractivity contribution in [1.29, 1.82) is 5.26 Å². The minimum Gasteiger partial charge on any atom is -0.301 e. The zero-order valence-corrected chi connectivity index (χ0v) is 7.66. The third-order valence-electron chi connectivity index (χ3n) is 1.13. The molecule has 0 radical (unpaired) electrons. The molecular formula is C8H14N2S. The smallest absolute Gasteiger partial charge is 0.0924 e. The number of rotatable bonds is 6. The predicted molar refractivity (Wildman–Crippen MR) is 50.6 cm³/mol. The van der Waals surface area contributed by atoms with Gasteiger partial charge in [-0.15, -0.1) is 6.58 Å². The van der Waals surface area contributed by atoms with Crippen molar-refractivity contribution in [3.8, 4) is 6.07 Å². The van der Waals surface area contributed by atoms with Crippen molar-refractivity contribution >= 4 is 11.8 Å². The Labute approximate surface area is 72.7 Å². The molecule has 0 aliphatic carbocycles. The average Bonchev–Trinajstić information content (AvgIpc) is 2.04. The summed E-state index contributed by atoms with van der Waals surface area (Å²) in [6.45, 7) is 6.37. The average molecular weight is 170 g/mol. The van der Waals surface area contributed by atoms with Gasteiger partial charge in [-0.1, -0.05) is 6.08 Å². The molecule has 62 valence electrons. The van der Waals surface area contributed by atoms with Gasteiger partial charge in [-0.3, -0.25) is 0 Å². The van der Waals surface area contributed by atoms with E-state index in [1.807, 2.05) is 24.8 Å². The van der Waals surface area contributed by atoms with Crippen LogP contribution in [0.25, 0.3) is 0 Å². The fourth-order valence-electron chi connectivity index (χ4n) is 0.560. The zero-order chi connectivity index (χ0) is 8.53. The Bertz CT molecular complexity index is 140. The van der Waals surface area contributed by atoms with Crippen LogP contribution in [0.15, 0.2) is 12.7 Å². The van der Waals surface area contributed by atoms with E-state index < -0.39 is 0 Å². The maximum Gasteiger partial charge on any atom is 0.0924 e. The van der Waals surface area contributed by atoms with Gasteiger partial charge in [0.15, 0.2) is 0 Å². The predicted octanol–water partition coefficient (Wildman–Crippen LogP) is 1.41. The third kappa shape index (κ3) is 7.44. The van der Waals surface area contributed by atoms with Gasteiger partial charge in [-0.25, -0.2) is 0 Å². The van der Waals surface area contributed by atoms with Crippen LogP contribution >= 0.6 is 11.8 Å².